The lowest BCUT2D eigenvalue weighted by atomic mass is 9.73. The molecule has 0 aromatic heterocycles. The van der Waals surface area contributed by atoms with Gasteiger partial charge in [-0.25, -0.2) is 0 Å². The number of hydrogen-bond acceptors (Lipinski definition) is 6. The summed E-state index contributed by atoms with van der Waals surface area (Å²) in [7, 11) is 3.18. The van der Waals surface area contributed by atoms with Crippen LogP contribution in [0.2, 0.25) is 0 Å². The number of aliphatic hydroxyl groups is 1. The summed E-state index contributed by atoms with van der Waals surface area (Å²) in [4.78, 5) is 12.5. The van der Waals surface area contributed by atoms with E-state index in [2.05, 4.69) is 0 Å². The van der Waals surface area contributed by atoms with Gasteiger partial charge in [0.15, 0.2) is 0 Å². The first-order valence-electron chi connectivity index (χ1n) is 8.34. The van der Waals surface area contributed by atoms with Crippen molar-refractivity contribution in [3.8, 4) is 11.5 Å². The predicted octanol–water partition coefficient (Wildman–Crippen LogP) is 1.69. The molecule has 2 heterocycles. The minimum Gasteiger partial charge on any atom is -0.497 e. The fourth-order valence-electron chi connectivity index (χ4n) is 4.73. The van der Waals surface area contributed by atoms with Crippen molar-refractivity contribution in [1.29, 1.82) is 0 Å². The smallest absolute Gasteiger partial charge is 0.312 e. The van der Waals surface area contributed by atoms with Gasteiger partial charge < -0.3 is 24.1 Å². The maximum absolute atomic E-state index is 12.5. The van der Waals surface area contributed by atoms with E-state index in [0.717, 1.165) is 12.8 Å². The maximum atomic E-state index is 12.5. The summed E-state index contributed by atoms with van der Waals surface area (Å²) < 4.78 is 22.8. The van der Waals surface area contributed by atoms with Crippen molar-refractivity contribution in [2.75, 3.05) is 27.4 Å². The molecule has 2 aliphatic heterocycles. The summed E-state index contributed by atoms with van der Waals surface area (Å²) in [5.74, 6) is -0.132. The van der Waals surface area contributed by atoms with Gasteiger partial charge in [0.05, 0.1) is 32.3 Å². The fraction of sp³-hybridized carbons (Fsp3) is 0.611. The molecule has 0 bridgehead atoms. The van der Waals surface area contributed by atoms with Gasteiger partial charge in [-0.2, -0.15) is 0 Å². The van der Waals surface area contributed by atoms with Crippen molar-refractivity contribution >= 4 is 5.97 Å². The van der Waals surface area contributed by atoms with Gasteiger partial charge in [0, 0.05) is 18.4 Å². The van der Waals surface area contributed by atoms with Gasteiger partial charge in [0.2, 0.25) is 5.79 Å². The van der Waals surface area contributed by atoms with Crippen molar-refractivity contribution < 1.29 is 28.8 Å². The van der Waals surface area contributed by atoms with Crippen molar-refractivity contribution in [3.63, 3.8) is 0 Å². The monoisotopic (exact) mass is 334 g/mol. The average molecular weight is 334 g/mol. The molecule has 1 aromatic carbocycles. The molecule has 6 heteroatoms. The zero-order chi connectivity index (χ0) is 16.9. The zero-order valence-electron chi connectivity index (χ0n) is 13.9. The third-order valence-corrected chi connectivity index (χ3v) is 5.83. The van der Waals surface area contributed by atoms with Crippen molar-refractivity contribution in [3.05, 3.63) is 23.8 Å². The van der Waals surface area contributed by atoms with E-state index in [1.165, 1.54) is 0 Å². The summed E-state index contributed by atoms with van der Waals surface area (Å²) in [6.45, 7) is 0.422. The Balaban J connectivity index is 1.85. The van der Waals surface area contributed by atoms with E-state index in [0.29, 0.717) is 23.7 Å². The molecule has 3 fully saturated rings. The molecular formula is C18H22O6. The number of esters is 1. The minimum absolute atomic E-state index is 0.0410. The van der Waals surface area contributed by atoms with Gasteiger partial charge in [-0.3, -0.25) is 4.79 Å². The molecule has 0 amide bonds. The first kappa shape index (κ1) is 15.7. The average Bonchev–Trinajstić information content (AvgIpc) is 3.18. The van der Waals surface area contributed by atoms with Crippen LogP contribution in [0.5, 0.6) is 11.5 Å². The quantitative estimate of drug-likeness (QED) is 0.845. The second-order valence-corrected chi connectivity index (χ2v) is 6.78. The fourth-order valence-corrected chi connectivity index (χ4v) is 4.73. The molecule has 3 aliphatic rings. The molecule has 0 spiro atoms. The highest BCUT2D eigenvalue weighted by Crippen LogP contribution is 2.61. The number of aliphatic hydroxyl groups excluding tert-OH is 1. The van der Waals surface area contributed by atoms with Gasteiger partial charge in [0.25, 0.3) is 0 Å². The lowest BCUT2D eigenvalue weighted by Crippen LogP contribution is -2.48. The predicted molar refractivity (Wildman–Crippen MR) is 83.5 cm³/mol. The molecule has 1 N–H and O–H groups in total. The Bertz CT molecular complexity index is 659. The van der Waals surface area contributed by atoms with E-state index in [1.54, 1.807) is 26.4 Å². The van der Waals surface area contributed by atoms with Crippen LogP contribution in [0.3, 0.4) is 0 Å². The highest BCUT2D eigenvalue weighted by Gasteiger charge is 2.67. The lowest BCUT2D eigenvalue weighted by molar-refractivity contribution is -0.278. The summed E-state index contributed by atoms with van der Waals surface area (Å²) in [5.41, 5.74) is 0.688. The molecule has 1 aromatic rings. The number of methoxy groups -OCH3 is 2. The topological polar surface area (TPSA) is 74.2 Å². The molecule has 130 valence electrons. The third kappa shape index (κ3) is 1.99. The molecule has 4 rings (SSSR count). The van der Waals surface area contributed by atoms with Crippen LogP contribution in [0.25, 0.3) is 0 Å². The van der Waals surface area contributed by atoms with Crippen molar-refractivity contribution in [1.82, 2.24) is 0 Å². The molecule has 5 unspecified atom stereocenters. The van der Waals surface area contributed by atoms with E-state index < -0.39 is 5.79 Å². The van der Waals surface area contributed by atoms with Crippen LogP contribution < -0.4 is 9.47 Å². The van der Waals surface area contributed by atoms with Crippen LogP contribution in [0.4, 0.5) is 0 Å². The van der Waals surface area contributed by atoms with Gasteiger partial charge in [-0.15, -0.1) is 0 Å². The number of rotatable bonds is 4. The van der Waals surface area contributed by atoms with E-state index >= 15 is 0 Å². The maximum Gasteiger partial charge on any atom is 0.312 e. The van der Waals surface area contributed by atoms with Crippen LogP contribution >= 0.6 is 0 Å². The van der Waals surface area contributed by atoms with Gasteiger partial charge in [0.1, 0.15) is 11.5 Å². The standard InChI is InChI=1S/C18H22O6/c1-21-11-3-6-15(22-2)14(7-11)18-16-12(10(8-19)9-23-18)4-5-13(16)17(20)24-18/h3,6-7,10,12-13,16,19H,4-5,8-9H2,1-2H3. The number of carbonyl (C=O) groups excluding carboxylic acids is 1. The van der Waals surface area contributed by atoms with Crippen molar-refractivity contribution in [2.24, 2.45) is 23.7 Å². The number of carbonyl (C=O) groups is 1. The van der Waals surface area contributed by atoms with Crippen LogP contribution in [-0.4, -0.2) is 38.5 Å². The number of benzene rings is 1. The van der Waals surface area contributed by atoms with E-state index in [4.69, 9.17) is 18.9 Å². The Morgan fingerprint density at radius 2 is 2.12 bits per heavy atom. The van der Waals surface area contributed by atoms with Gasteiger partial charge >= 0.3 is 5.97 Å². The first-order valence-corrected chi connectivity index (χ1v) is 8.34. The number of hydrogen-bond donors (Lipinski definition) is 1. The largest absolute Gasteiger partial charge is 0.497 e. The summed E-state index contributed by atoms with van der Waals surface area (Å²) in [5, 5.41) is 9.68. The Kier molecular flexibility index (Phi) is 3.69. The molecule has 1 saturated carbocycles. The lowest BCUT2D eigenvalue weighted by Gasteiger charge is -2.44. The Hall–Kier alpha value is -1.79. The van der Waals surface area contributed by atoms with Crippen LogP contribution in [-0.2, 0) is 20.1 Å². The van der Waals surface area contributed by atoms with E-state index in [9.17, 15) is 9.90 Å². The highest BCUT2D eigenvalue weighted by atomic mass is 16.7. The van der Waals surface area contributed by atoms with Crippen LogP contribution in [0.15, 0.2) is 18.2 Å². The van der Waals surface area contributed by atoms with Crippen LogP contribution in [0, 0.1) is 23.7 Å². The Morgan fingerprint density at radius 1 is 1.29 bits per heavy atom. The first-order chi connectivity index (χ1) is 11.6. The van der Waals surface area contributed by atoms with Crippen molar-refractivity contribution in [2.45, 2.75) is 18.6 Å². The molecule has 1 aliphatic carbocycles. The minimum atomic E-state index is -1.14. The second kappa shape index (κ2) is 5.63. The van der Waals surface area contributed by atoms with E-state index in [1.807, 2.05) is 6.07 Å². The highest BCUT2D eigenvalue weighted by molar-refractivity contribution is 5.77. The molecule has 6 nitrogen and oxygen atoms in total. The van der Waals surface area contributed by atoms with E-state index in [-0.39, 0.29) is 36.2 Å². The normalized spacial score (nSPS) is 37.0. The molecular weight excluding hydrogens is 312 g/mol. The number of ether oxygens (including phenoxy) is 4. The van der Waals surface area contributed by atoms with Crippen LogP contribution in [0.1, 0.15) is 18.4 Å². The molecule has 0 radical (unpaired) electrons. The Labute approximate surface area is 140 Å². The second-order valence-electron chi connectivity index (χ2n) is 6.78. The third-order valence-electron chi connectivity index (χ3n) is 5.83. The molecule has 2 saturated heterocycles. The van der Waals surface area contributed by atoms with Gasteiger partial charge in [-0.1, -0.05) is 0 Å². The zero-order valence-corrected chi connectivity index (χ0v) is 13.9. The SMILES string of the molecule is COc1ccc(OC)c(C23OCC(CO)C4CCC(C(=O)O2)C43)c1. The Morgan fingerprint density at radius 3 is 2.83 bits per heavy atom. The summed E-state index contributed by atoms with van der Waals surface area (Å²) in [6, 6.07) is 5.43. The summed E-state index contributed by atoms with van der Waals surface area (Å²) in [6.07, 6.45) is 1.69. The molecule has 5 atom stereocenters. The molecule has 24 heavy (non-hydrogen) atoms. The summed E-state index contributed by atoms with van der Waals surface area (Å²) >= 11 is 0. The van der Waals surface area contributed by atoms with Gasteiger partial charge in [-0.05, 0) is 37.0 Å².